The van der Waals surface area contributed by atoms with Crippen molar-refractivity contribution in [3.63, 3.8) is 0 Å². The van der Waals surface area contributed by atoms with Gasteiger partial charge in [0.1, 0.15) is 17.2 Å². The highest BCUT2D eigenvalue weighted by atomic mass is 31.2. The third-order valence-corrected chi connectivity index (χ3v) is 23.8. The van der Waals surface area contributed by atoms with Crippen LogP contribution in [0.2, 0.25) is 0 Å². The van der Waals surface area contributed by atoms with Crippen LogP contribution in [-0.4, -0.2) is 0 Å². The molecule has 590 valence electrons. The van der Waals surface area contributed by atoms with Gasteiger partial charge in [0.2, 0.25) is 0 Å². The Balaban J connectivity index is 2.15. The van der Waals surface area contributed by atoms with E-state index in [1.54, 1.807) is 16.7 Å². The van der Waals surface area contributed by atoms with E-state index in [4.69, 9.17) is 13.6 Å². The molecule has 0 saturated carbocycles. The molecule has 0 saturated heterocycles. The first-order chi connectivity index (χ1) is 50.5. The van der Waals surface area contributed by atoms with Crippen LogP contribution in [0, 0.1) is 0 Å². The number of benzene rings is 3. The zero-order valence-corrected chi connectivity index (χ0v) is 71.8. The standard InChI is InChI=1S/C99H171O3P/c1-13-19-25-31-37-40-43-46-52-58-70-94-82-88(64-61-73-91(85(7)8)67-55-49-34-28-22-16-4)76-79-97(94)100-103(101-98-80-77-89(65-62-74-92(86(9)10)68-56-50-35-29-23-17-5)83-95(98)71-59-53-47-44-41-38-32-26-20-14-2)102-99-81-78-90(66-63-75-93(87(11)12)69-57-51-36-30-24-18-6)84-96(99)72-60-54-48-45-42-39-33-27-21-15-3/h76-84H,13-75H2,1-12H3. The highest BCUT2D eigenvalue weighted by Crippen LogP contribution is 2.47. The quantitative estimate of drug-likeness (QED) is 0.0320. The number of unbranched alkanes of at least 4 members (excludes halogenated alkanes) is 42. The molecule has 0 unspecified atom stereocenters. The van der Waals surface area contributed by atoms with Gasteiger partial charge in [-0.15, -0.1) is 0 Å². The van der Waals surface area contributed by atoms with E-state index in [1.165, 1.54) is 416 Å². The van der Waals surface area contributed by atoms with E-state index in [-0.39, 0.29) is 0 Å². The molecule has 0 spiro atoms. The molecule has 3 aromatic rings. The Morgan fingerprint density at radius 3 is 0.602 bits per heavy atom. The van der Waals surface area contributed by atoms with Crippen LogP contribution in [0.5, 0.6) is 17.2 Å². The fourth-order valence-electron chi connectivity index (χ4n) is 15.7. The van der Waals surface area contributed by atoms with Crippen molar-refractivity contribution in [1.82, 2.24) is 0 Å². The van der Waals surface area contributed by atoms with Gasteiger partial charge in [0, 0.05) is 0 Å². The maximum Gasteiger partial charge on any atom is 0.530 e. The first-order valence-electron chi connectivity index (χ1n) is 45.6. The SMILES string of the molecule is CCCCCCCCCCCCc1cc(CCCC(CCCCCCCC)=C(C)C)ccc1OP(Oc1ccc(CCCC(CCCCCCCC)=C(C)C)cc1CCCCCCCCCCCC)Oc1ccc(CCCC(CCCCCCCC)=C(C)C)cc1CCCCCCCCCCCC. The maximum absolute atomic E-state index is 7.53. The first-order valence-corrected chi connectivity index (χ1v) is 46.7. The molecule has 3 aromatic carbocycles. The number of hydrogen-bond acceptors (Lipinski definition) is 3. The van der Waals surface area contributed by atoms with Crippen LogP contribution < -0.4 is 13.6 Å². The molecule has 0 aliphatic rings. The second-order valence-electron chi connectivity index (χ2n) is 33.0. The zero-order valence-electron chi connectivity index (χ0n) is 70.9. The summed E-state index contributed by atoms with van der Waals surface area (Å²) < 4.78 is 22.6. The molecule has 0 N–H and O–H groups in total. The lowest BCUT2D eigenvalue weighted by Gasteiger charge is -2.23. The van der Waals surface area contributed by atoms with E-state index >= 15 is 0 Å². The lowest BCUT2D eigenvalue weighted by molar-refractivity contribution is 0.382. The Hall–Kier alpha value is -3.29. The maximum atomic E-state index is 7.53. The largest absolute Gasteiger partial charge is 0.530 e. The van der Waals surface area contributed by atoms with E-state index in [1.807, 2.05) is 0 Å². The molecule has 4 heteroatoms. The number of hydrogen-bond donors (Lipinski definition) is 0. The van der Waals surface area contributed by atoms with Crippen LogP contribution in [0.1, 0.15) is 482 Å². The zero-order chi connectivity index (χ0) is 74.3. The van der Waals surface area contributed by atoms with Gasteiger partial charge in [0.15, 0.2) is 0 Å². The normalized spacial score (nSPS) is 11.5. The van der Waals surface area contributed by atoms with Crippen LogP contribution in [0.3, 0.4) is 0 Å². The monoisotopic (exact) mass is 1440 g/mol. The minimum absolute atomic E-state index is 0.951. The van der Waals surface area contributed by atoms with E-state index in [0.717, 1.165) is 55.8 Å². The van der Waals surface area contributed by atoms with Crippen molar-refractivity contribution in [2.24, 2.45) is 0 Å². The molecule has 0 aliphatic heterocycles. The van der Waals surface area contributed by atoms with E-state index in [0.29, 0.717) is 0 Å². The average molecular weight is 1440 g/mol. The second kappa shape index (κ2) is 65.8. The van der Waals surface area contributed by atoms with Crippen molar-refractivity contribution >= 4 is 8.60 Å². The number of aryl methyl sites for hydroxylation is 6. The summed E-state index contributed by atoms with van der Waals surface area (Å²) in [5.74, 6) is 2.85. The lowest BCUT2D eigenvalue weighted by Crippen LogP contribution is -2.07. The fourth-order valence-corrected chi connectivity index (χ4v) is 16.8. The lowest BCUT2D eigenvalue weighted by atomic mass is 9.95. The topological polar surface area (TPSA) is 27.7 Å². The molecule has 0 radical (unpaired) electrons. The van der Waals surface area contributed by atoms with Crippen molar-refractivity contribution < 1.29 is 13.6 Å². The van der Waals surface area contributed by atoms with Gasteiger partial charge in [-0.25, -0.2) is 0 Å². The summed E-state index contributed by atoms with van der Waals surface area (Å²) in [4.78, 5) is 0. The Morgan fingerprint density at radius 2 is 0.398 bits per heavy atom. The predicted octanol–water partition coefficient (Wildman–Crippen LogP) is 35.1. The predicted molar refractivity (Wildman–Crippen MR) is 463 cm³/mol. The molecular formula is C99H171O3P. The van der Waals surface area contributed by atoms with Crippen molar-refractivity contribution in [1.29, 1.82) is 0 Å². The minimum Gasteiger partial charge on any atom is -0.408 e. The van der Waals surface area contributed by atoms with Gasteiger partial charge in [-0.3, -0.25) is 0 Å². The van der Waals surface area contributed by atoms with Crippen LogP contribution >= 0.6 is 8.60 Å². The summed E-state index contributed by atoms with van der Waals surface area (Å²) in [6.07, 6.45) is 81.7. The molecule has 0 heterocycles. The van der Waals surface area contributed by atoms with Crippen LogP contribution in [0.25, 0.3) is 0 Å². The van der Waals surface area contributed by atoms with Gasteiger partial charge in [0.05, 0.1) is 0 Å². The molecular weight excluding hydrogens is 1270 g/mol. The molecule has 0 aromatic heterocycles. The highest BCUT2D eigenvalue weighted by molar-refractivity contribution is 7.43. The molecule has 0 aliphatic carbocycles. The summed E-state index contributed by atoms with van der Waals surface area (Å²) >= 11 is 0. The van der Waals surface area contributed by atoms with Gasteiger partial charge in [-0.2, -0.15) is 0 Å². The summed E-state index contributed by atoms with van der Waals surface area (Å²) in [6.45, 7) is 28.1. The molecule has 0 amide bonds. The molecule has 0 bridgehead atoms. The van der Waals surface area contributed by atoms with E-state index in [9.17, 15) is 0 Å². The van der Waals surface area contributed by atoms with Crippen LogP contribution in [0.15, 0.2) is 88.0 Å². The van der Waals surface area contributed by atoms with Gasteiger partial charge in [0.25, 0.3) is 0 Å². The first kappa shape index (κ1) is 93.9. The van der Waals surface area contributed by atoms with Crippen LogP contribution in [-0.2, 0) is 38.5 Å². The van der Waals surface area contributed by atoms with Gasteiger partial charge >= 0.3 is 8.60 Å². The van der Waals surface area contributed by atoms with Gasteiger partial charge < -0.3 is 13.6 Å². The van der Waals surface area contributed by atoms with E-state index in [2.05, 4.69) is 138 Å². The summed E-state index contributed by atoms with van der Waals surface area (Å²) in [7, 11) is -1.90. The Bertz CT molecular complexity index is 2290. The smallest absolute Gasteiger partial charge is 0.408 e. The minimum atomic E-state index is -1.90. The molecule has 3 rings (SSSR count). The summed E-state index contributed by atoms with van der Waals surface area (Å²) in [5, 5.41) is 0. The fraction of sp³-hybridized carbons (Fsp3) is 0.758. The molecule has 103 heavy (non-hydrogen) atoms. The number of allylic oxidation sites excluding steroid dienone is 6. The summed E-state index contributed by atoms with van der Waals surface area (Å²) in [6, 6.07) is 21.7. The Kier molecular flexibility index (Phi) is 60.0. The third kappa shape index (κ3) is 48.7. The van der Waals surface area contributed by atoms with Crippen LogP contribution in [0.4, 0.5) is 0 Å². The average Bonchev–Trinajstić information content (AvgIpc) is 0.828. The molecule has 3 nitrogen and oxygen atoms in total. The van der Waals surface area contributed by atoms with Crippen molar-refractivity contribution in [3.05, 3.63) is 121 Å². The van der Waals surface area contributed by atoms with Gasteiger partial charge in [-0.05, 0) is 228 Å². The third-order valence-electron chi connectivity index (χ3n) is 22.7. The number of rotatable bonds is 72. The highest BCUT2D eigenvalue weighted by Gasteiger charge is 2.26. The Morgan fingerprint density at radius 1 is 0.214 bits per heavy atom. The molecule has 0 atom stereocenters. The second-order valence-corrected chi connectivity index (χ2v) is 34.0. The van der Waals surface area contributed by atoms with Crippen molar-refractivity contribution in [2.75, 3.05) is 0 Å². The van der Waals surface area contributed by atoms with Gasteiger partial charge in [-0.1, -0.05) is 381 Å². The molecule has 0 fully saturated rings. The summed E-state index contributed by atoms with van der Waals surface area (Å²) in [5.41, 5.74) is 18.0. The van der Waals surface area contributed by atoms with Crippen molar-refractivity contribution in [2.45, 2.75) is 488 Å². The van der Waals surface area contributed by atoms with E-state index < -0.39 is 8.60 Å². The Labute approximate surface area is 644 Å². The van der Waals surface area contributed by atoms with Crippen molar-refractivity contribution in [3.8, 4) is 17.2 Å².